The Morgan fingerprint density at radius 2 is 1.76 bits per heavy atom. The largest absolute Gasteiger partial charge is 0.445 e. The Morgan fingerprint density at radius 1 is 1.19 bits per heavy atom. The van der Waals surface area contributed by atoms with Gasteiger partial charge in [-0.05, 0) is 0 Å². The first-order chi connectivity index (χ1) is 9.41. The van der Waals surface area contributed by atoms with Crippen molar-refractivity contribution in [3.05, 3.63) is 16.8 Å². The zero-order valence-electron chi connectivity index (χ0n) is 10.5. The second kappa shape index (κ2) is 5.87. The Morgan fingerprint density at radius 3 is 2.14 bits per heavy atom. The van der Waals surface area contributed by atoms with E-state index in [9.17, 15) is 31.1 Å². The second-order valence-corrected chi connectivity index (χ2v) is 4.85. The van der Waals surface area contributed by atoms with Gasteiger partial charge in [-0.15, -0.1) is 10.2 Å². The Bertz CT molecular complexity index is 547. The number of rotatable bonds is 3. The molecule has 12 heteroatoms. The van der Waals surface area contributed by atoms with E-state index in [0.29, 0.717) is 6.20 Å². The van der Waals surface area contributed by atoms with Crippen LogP contribution in [0, 0.1) is 0 Å². The molecule has 0 aliphatic rings. The van der Waals surface area contributed by atoms with Gasteiger partial charge in [-0.25, -0.2) is 0 Å². The lowest BCUT2D eigenvalue weighted by molar-refractivity contribution is -0.138. The van der Waals surface area contributed by atoms with Gasteiger partial charge in [-0.2, -0.15) is 26.3 Å². The van der Waals surface area contributed by atoms with Crippen molar-refractivity contribution >= 4 is 22.4 Å². The SMILES string of the molecule is CN(C)C=C(C(=O)Nc1nnc(C(F)(F)F)s1)C(F)(F)F. The maximum atomic E-state index is 12.7. The number of nitrogens with zero attached hydrogens (tertiary/aromatic N) is 3. The molecule has 118 valence electrons. The molecule has 0 atom stereocenters. The van der Waals surface area contributed by atoms with E-state index in [2.05, 4.69) is 10.2 Å². The number of hydrogen-bond donors (Lipinski definition) is 1. The molecule has 1 amide bonds. The fraction of sp³-hybridized carbons (Fsp3) is 0.444. The van der Waals surface area contributed by atoms with Gasteiger partial charge in [-0.1, -0.05) is 11.3 Å². The summed E-state index contributed by atoms with van der Waals surface area (Å²) in [5.41, 5.74) is -1.57. The molecule has 0 bridgehead atoms. The van der Waals surface area contributed by atoms with Crippen LogP contribution in [-0.4, -0.2) is 41.3 Å². The van der Waals surface area contributed by atoms with Gasteiger partial charge in [0.05, 0.1) is 0 Å². The van der Waals surface area contributed by atoms with Crippen molar-refractivity contribution in [2.45, 2.75) is 12.4 Å². The first-order valence-corrected chi connectivity index (χ1v) is 5.90. The average Bonchev–Trinajstić information content (AvgIpc) is 2.72. The molecule has 0 unspecified atom stereocenters. The van der Waals surface area contributed by atoms with Gasteiger partial charge >= 0.3 is 12.4 Å². The number of alkyl halides is 6. The number of carbonyl (C=O) groups excluding carboxylic acids is 1. The van der Waals surface area contributed by atoms with Crippen molar-refractivity contribution < 1.29 is 31.1 Å². The van der Waals surface area contributed by atoms with E-state index in [1.807, 2.05) is 0 Å². The molecule has 1 rings (SSSR count). The molecular weight excluding hydrogens is 326 g/mol. The molecule has 0 fully saturated rings. The summed E-state index contributed by atoms with van der Waals surface area (Å²) in [5.74, 6) is -1.62. The number of amides is 1. The highest BCUT2D eigenvalue weighted by Gasteiger charge is 2.40. The van der Waals surface area contributed by atoms with E-state index in [0.717, 1.165) is 4.90 Å². The summed E-state index contributed by atoms with van der Waals surface area (Å²) in [7, 11) is 2.51. The third-order valence-corrected chi connectivity index (χ3v) is 2.71. The number of aromatic nitrogens is 2. The Labute approximate surface area is 118 Å². The molecule has 0 radical (unpaired) electrons. The van der Waals surface area contributed by atoms with Gasteiger partial charge in [0, 0.05) is 20.3 Å². The smallest absolute Gasteiger partial charge is 0.383 e. The Hall–Kier alpha value is -1.85. The molecule has 1 N–H and O–H groups in total. The Balaban J connectivity index is 2.96. The maximum Gasteiger partial charge on any atom is 0.445 e. The van der Waals surface area contributed by atoms with Gasteiger partial charge in [0.25, 0.3) is 5.91 Å². The zero-order chi connectivity index (χ0) is 16.4. The minimum absolute atomic E-state index is 0.0723. The van der Waals surface area contributed by atoms with Crippen LogP contribution in [0.3, 0.4) is 0 Å². The number of anilines is 1. The minimum atomic E-state index is -4.97. The van der Waals surface area contributed by atoms with Crippen LogP contribution in [0.1, 0.15) is 5.01 Å². The predicted octanol–water partition coefficient (Wildman–Crippen LogP) is 2.50. The molecule has 1 aromatic rings. The van der Waals surface area contributed by atoms with Crippen LogP contribution in [-0.2, 0) is 11.0 Å². The summed E-state index contributed by atoms with van der Waals surface area (Å²) >= 11 is -0.0723. The van der Waals surface area contributed by atoms with Gasteiger partial charge in [-0.3, -0.25) is 10.1 Å². The first kappa shape index (κ1) is 17.2. The summed E-state index contributed by atoms with van der Waals surface area (Å²) in [6.07, 6.45) is -9.25. The molecule has 1 heterocycles. The lowest BCUT2D eigenvalue weighted by Gasteiger charge is -2.13. The highest BCUT2D eigenvalue weighted by molar-refractivity contribution is 7.15. The number of carbonyl (C=O) groups is 1. The molecule has 5 nitrogen and oxygen atoms in total. The summed E-state index contributed by atoms with van der Waals surface area (Å²) in [6.45, 7) is 0. The van der Waals surface area contributed by atoms with Gasteiger partial charge in [0.15, 0.2) is 0 Å². The third kappa shape index (κ3) is 4.88. The lowest BCUT2D eigenvalue weighted by Crippen LogP contribution is -2.27. The second-order valence-electron chi connectivity index (χ2n) is 3.87. The minimum Gasteiger partial charge on any atom is -0.383 e. The van der Waals surface area contributed by atoms with Gasteiger partial charge < -0.3 is 4.90 Å². The maximum absolute atomic E-state index is 12.7. The molecule has 0 aliphatic carbocycles. The van der Waals surface area contributed by atoms with Crippen molar-refractivity contribution in [1.29, 1.82) is 0 Å². The lowest BCUT2D eigenvalue weighted by atomic mass is 10.2. The molecule has 0 saturated heterocycles. The fourth-order valence-corrected chi connectivity index (χ4v) is 1.68. The van der Waals surface area contributed by atoms with Crippen LogP contribution in [0.25, 0.3) is 0 Å². The van der Waals surface area contributed by atoms with Gasteiger partial charge in [0.1, 0.15) is 5.57 Å². The molecule has 0 spiro atoms. The number of hydrogen-bond acceptors (Lipinski definition) is 5. The quantitative estimate of drug-likeness (QED) is 0.682. The standard InChI is InChI=1S/C9H8F6N4OS/c1-19(2)3-4(8(10,11)12)5(20)16-7-18-17-6(21-7)9(13,14)15/h3H,1-2H3,(H,16,18,20). The van der Waals surface area contributed by atoms with Crippen molar-refractivity contribution in [2.24, 2.45) is 0 Å². The van der Waals surface area contributed by atoms with Crippen LogP contribution < -0.4 is 5.32 Å². The summed E-state index contributed by atoms with van der Waals surface area (Å²) in [6, 6.07) is 0. The van der Waals surface area contributed by atoms with Crippen LogP contribution in [0.2, 0.25) is 0 Å². The molecule has 0 aliphatic heterocycles. The van der Waals surface area contributed by atoms with Crippen molar-refractivity contribution in [3.8, 4) is 0 Å². The zero-order valence-corrected chi connectivity index (χ0v) is 11.3. The predicted molar refractivity (Wildman–Crippen MR) is 61.4 cm³/mol. The van der Waals surface area contributed by atoms with Gasteiger partial charge in [0.2, 0.25) is 10.1 Å². The highest BCUT2D eigenvalue weighted by atomic mass is 32.1. The van der Waals surface area contributed by atoms with E-state index in [1.54, 1.807) is 5.32 Å². The molecule has 1 aromatic heterocycles. The first-order valence-electron chi connectivity index (χ1n) is 5.08. The monoisotopic (exact) mass is 334 g/mol. The van der Waals surface area contributed by atoms with E-state index < -0.39 is 34.0 Å². The number of halogens is 6. The van der Waals surface area contributed by atoms with Crippen molar-refractivity contribution in [1.82, 2.24) is 15.1 Å². The summed E-state index contributed by atoms with van der Waals surface area (Å²) < 4.78 is 74.7. The molecular formula is C9H8F6N4OS. The number of nitrogens with one attached hydrogen (secondary N) is 1. The van der Waals surface area contributed by atoms with Crippen LogP contribution in [0.4, 0.5) is 31.5 Å². The van der Waals surface area contributed by atoms with E-state index in [4.69, 9.17) is 0 Å². The van der Waals surface area contributed by atoms with Crippen molar-refractivity contribution in [3.63, 3.8) is 0 Å². The van der Waals surface area contributed by atoms with Crippen LogP contribution in [0.15, 0.2) is 11.8 Å². The summed E-state index contributed by atoms with van der Waals surface area (Å²) in [5, 5.41) is 5.30. The van der Waals surface area contributed by atoms with Crippen LogP contribution >= 0.6 is 11.3 Å². The normalized spacial score (nSPS) is 13.2. The summed E-state index contributed by atoms with van der Waals surface area (Å²) in [4.78, 5) is 12.5. The Kier molecular flexibility index (Phi) is 4.81. The van der Waals surface area contributed by atoms with Crippen LogP contribution in [0.5, 0.6) is 0 Å². The van der Waals surface area contributed by atoms with E-state index in [-0.39, 0.29) is 11.3 Å². The average molecular weight is 334 g/mol. The molecule has 0 aromatic carbocycles. The molecule has 0 saturated carbocycles. The highest BCUT2D eigenvalue weighted by Crippen LogP contribution is 2.33. The third-order valence-electron chi connectivity index (χ3n) is 1.83. The molecule has 21 heavy (non-hydrogen) atoms. The van der Waals surface area contributed by atoms with E-state index in [1.165, 1.54) is 14.1 Å². The van der Waals surface area contributed by atoms with E-state index >= 15 is 0 Å². The topological polar surface area (TPSA) is 58.1 Å². The fourth-order valence-electron chi connectivity index (χ4n) is 1.07. The van der Waals surface area contributed by atoms with Crippen molar-refractivity contribution in [2.75, 3.05) is 19.4 Å².